The standard InChI is InChI=1S/C12H19N3O3S/c1-15(2)12(16)14-9-8-13-10-6-4-5-7-11(10)19(3,17)18/h4-7,13H,8-9H2,1-3H3,(H,14,16). The van der Waals surface area contributed by atoms with Crippen LogP contribution in [0.15, 0.2) is 29.2 Å². The highest BCUT2D eigenvalue weighted by molar-refractivity contribution is 7.90. The fourth-order valence-corrected chi connectivity index (χ4v) is 2.33. The summed E-state index contributed by atoms with van der Waals surface area (Å²) < 4.78 is 23.1. The van der Waals surface area contributed by atoms with Gasteiger partial charge >= 0.3 is 6.03 Å². The van der Waals surface area contributed by atoms with Crippen LogP contribution in [0.5, 0.6) is 0 Å². The second-order valence-electron chi connectivity index (χ2n) is 4.32. The summed E-state index contributed by atoms with van der Waals surface area (Å²) >= 11 is 0. The molecule has 0 radical (unpaired) electrons. The molecule has 0 fully saturated rings. The summed E-state index contributed by atoms with van der Waals surface area (Å²) in [6, 6.07) is 6.50. The maximum absolute atomic E-state index is 11.6. The molecule has 106 valence electrons. The third-order valence-electron chi connectivity index (χ3n) is 2.41. The van der Waals surface area contributed by atoms with Crippen molar-refractivity contribution >= 4 is 21.6 Å². The van der Waals surface area contributed by atoms with Gasteiger partial charge in [-0.3, -0.25) is 0 Å². The van der Waals surface area contributed by atoms with E-state index in [2.05, 4.69) is 10.6 Å². The van der Waals surface area contributed by atoms with Gasteiger partial charge in [0.15, 0.2) is 9.84 Å². The Hall–Kier alpha value is -1.76. The highest BCUT2D eigenvalue weighted by Gasteiger charge is 2.11. The van der Waals surface area contributed by atoms with Crippen LogP contribution in [0.25, 0.3) is 0 Å². The number of rotatable bonds is 5. The number of anilines is 1. The van der Waals surface area contributed by atoms with E-state index in [9.17, 15) is 13.2 Å². The molecular formula is C12H19N3O3S. The minimum Gasteiger partial charge on any atom is -0.382 e. The molecule has 1 aromatic rings. The van der Waals surface area contributed by atoms with Crippen molar-refractivity contribution in [3.63, 3.8) is 0 Å². The second kappa shape index (κ2) is 6.42. The van der Waals surface area contributed by atoms with Crippen molar-refractivity contribution in [3.8, 4) is 0 Å². The van der Waals surface area contributed by atoms with Crippen LogP contribution in [0.3, 0.4) is 0 Å². The van der Waals surface area contributed by atoms with Gasteiger partial charge in [-0.25, -0.2) is 13.2 Å². The van der Waals surface area contributed by atoms with Crippen LogP contribution in [0.1, 0.15) is 0 Å². The average Bonchev–Trinajstić information content (AvgIpc) is 2.33. The molecular weight excluding hydrogens is 266 g/mol. The van der Waals surface area contributed by atoms with Gasteiger partial charge in [0, 0.05) is 33.4 Å². The molecule has 2 amide bonds. The number of carbonyl (C=O) groups is 1. The number of benzene rings is 1. The fraction of sp³-hybridized carbons (Fsp3) is 0.417. The van der Waals surface area contributed by atoms with E-state index in [0.29, 0.717) is 18.8 Å². The third-order valence-corrected chi connectivity index (χ3v) is 3.56. The normalized spacial score (nSPS) is 10.9. The first-order valence-corrected chi connectivity index (χ1v) is 7.69. The Morgan fingerprint density at radius 1 is 1.21 bits per heavy atom. The number of hydrogen-bond acceptors (Lipinski definition) is 4. The molecule has 0 bridgehead atoms. The summed E-state index contributed by atoms with van der Waals surface area (Å²) in [5.74, 6) is 0. The van der Waals surface area contributed by atoms with Gasteiger partial charge in [0.25, 0.3) is 0 Å². The Morgan fingerprint density at radius 3 is 2.42 bits per heavy atom. The lowest BCUT2D eigenvalue weighted by Gasteiger charge is -2.13. The van der Waals surface area contributed by atoms with E-state index in [1.807, 2.05) is 0 Å². The van der Waals surface area contributed by atoms with Crippen LogP contribution >= 0.6 is 0 Å². The Kier molecular flexibility index (Phi) is 5.17. The lowest BCUT2D eigenvalue weighted by molar-refractivity contribution is 0.218. The van der Waals surface area contributed by atoms with E-state index >= 15 is 0 Å². The lowest BCUT2D eigenvalue weighted by atomic mass is 10.3. The van der Waals surface area contributed by atoms with Crippen molar-refractivity contribution in [2.24, 2.45) is 0 Å². The van der Waals surface area contributed by atoms with Gasteiger partial charge in [0.2, 0.25) is 0 Å². The zero-order chi connectivity index (χ0) is 14.5. The van der Waals surface area contributed by atoms with Crippen LogP contribution in [-0.4, -0.2) is 52.8 Å². The van der Waals surface area contributed by atoms with Gasteiger partial charge < -0.3 is 15.5 Å². The molecule has 0 saturated carbocycles. The highest BCUT2D eigenvalue weighted by Crippen LogP contribution is 2.19. The fourth-order valence-electron chi connectivity index (χ4n) is 1.46. The number of sulfone groups is 1. The molecule has 6 nitrogen and oxygen atoms in total. The maximum Gasteiger partial charge on any atom is 0.316 e. The molecule has 0 aliphatic rings. The average molecular weight is 285 g/mol. The lowest BCUT2D eigenvalue weighted by Crippen LogP contribution is -2.37. The predicted molar refractivity (Wildman–Crippen MR) is 75.1 cm³/mol. The van der Waals surface area contributed by atoms with Crippen molar-refractivity contribution < 1.29 is 13.2 Å². The summed E-state index contributed by atoms with van der Waals surface area (Å²) in [6.07, 6.45) is 1.17. The minimum absolute atomic E-state index is 0.182. The smallest absolute Gasteiger partial charge is 0.316 e. The number of nitrogens with zero attached hydrogens (tertiary/aromatic N) is 1. The highest BCUT2D eigenvalue weighted by atomic mass is 32.2. The monoisotopic (exact) mass is 285 g/mol. The van der Waals surface area contributed by atoms with E-state index in [0.717, 1.165) is 0 Å². The molecule has 0 aliphatic heterocycles. The number of para-hydroxylation sites is 1. The zero-order valence-corrected chi connectivity index (χ0v) is 12.1. The van der Waals surface area contributed by atoms with E-state index in [1.54, 1.807) is 38.4 Å². The second-order valence-corrected chi connectivity index (χ2v) is 6.31. The first-order valence-electron chi connectivity index (χ1n) is 5.80. The Bertz CT molecular complexity index is 541. The quantitative estimate of drug-likeness (QED) is 0.783. The maximum atomic E-state index is 11.6. The summed E-state index contributed by atoms with van der Waals surface area (Å²) in [4.78, 5) is 13.0. The topological polar surface area (TPSA) is 78.5 Å². The number of amides is 2. The van der Waals surface area contributed by atoms with Crippen molar-refractivity contribution in [2.45, 2.75) is 4.90 Å². The molecule has 0 heterocycles. The van der Waals surface area contributed by atoms with E-state index in [1.165, 1.54) is 11.2 Å². The molecule has 2 N–H and O–H groups in total. The van der Waals surface area contributed by atoms with Gasteiger partial charge in [-0.2, -0.15) is 0 Å². The number of urea groups is 1. The molecule has 1 rings (SSSR count). The number of nitrogens with one attached hydrogen (secondary N) is 2. The summed E-state index contributed by atoms with van der Waals surface area (Å²) in [5.41, 5.74) is 0.545. The summed E-state index contributed by atoms with van der Waals surface area (Å²) in [6.45, 7) is 0.862. The van der Waals surface area contributed by atoms with E-state index < -0.39 is 9.84 Å². The minimum atomic E-state index is -3.26. The van der Waals surface area contributed by atoms with Gasteiger partial charge in [-0.05, 0) is 12.1 Å². The molecule has 0 spiro atoms. The molecule has 0 unspecified atom stereocenters. The van der Waals surface area contributed by atoms with Crippen molar-refractivity contribution in [1.82, 2.24) is 10.2 Å². The SMILES string of the molecule is CN(C)C(=O)NCCNc1ccccc1S(C)(=O)=O. The molecule has 7 heteroatoms. The van der Waals surface area contributed by atoms with E-state index in [4.69, 9.17) is 0 Å². The van der Waals surface area contributed by atoms with Gasteiger partial charge in [-0.1, -0.05) is 12.1 Å². The Balaban J connectivity index is 2.58. The Labute approximate surface area is 113 Å². The predicted octanol–water partition coefficient (Wildman–Crippen LogP) is 0.773. The van der Waals surface area contributed by atoms with Crippen LogP contribution in [-0.2, 0) is 9.84 Å². The number of hydrogen-bond donors (Lipinski definition) is 2. The van der Waals surface area contributed by atoms with Crippen molar-refractivity contribution in [2.75, 3.05) is 38.8 Å². The van der Waals surface area contributed by atoms with Crippen molar-refractivity contribution in [3.05, 3.63) is 24.3 Å². The molecule has 0 aliphatic carbocycles. The van der Waals surface area contributed by atoms with Crippen molar-refractivity contribution in [1.29, 1.82) is 0 Å². The van der Waals surface area contributed by atoms with Crippen LogP contribution in [0.2, 0.25) is 0 Å². The summed E-state index contributed by atoms with van der Waals surface area (Å²) in [5, 5.41) is 5.69. The summed E-state index contributed by atoms with van der Waals surface area (Å²) in [7, 11) is 0.0505. The molecule has 0 aromatic heterocycles. The first-order chi connectivity index (χ1) is 8.82. The molecule has 19 heavy (non-hydrogen) atoms. The zero-order valence-electron chi connectivity index (χ0n) is 11.3. The van der Waals surface area contributed by atoms with E-state index in [-0.39, 0.29) is 10.9 Å². The third kappa shape index (κ3) is 4.78. The number of carbonyl (C=O) groups excluding carboxylic acids is 1. The largest absolute Gasteiger partial charge is 0.382 e. The van der Waals surface area contributed by atoms with Gasteiger partial charge in [-0.15, -0.1) is 0 Å². The van der Waals surface area contributed by atoms with Crippen LogP contribution < -0.4 is 10.6 Å². The van der Waals surface area contributed by atoms with Crippen LogP contribution in [0.4, 0.5) is 10.5 Å². The van der Waals surface area contributed by atoms with Gasteiger partial charge in [0.1, 0.15) is 0 Å². The first kappa shape index (κ1) is 15.3. The van der Waals surface area contributed by atoms with Crippen LogP contribution in [0, 0.1) is 0 Å². The molecule has 0 atom stereocenters. The Morgan fingerprint density at radius 2 is 1.84 bits per heavy atom. The molecule has 1 aromatic carbocycles. The molecule has 0 saturated heterocycles. The van der Waals surface area contributed by atoms with Gasteiger partial charge in [0.05, 0.1) is 10.6 Å².